The van der Waals surface area contributed by atoms with Gasteiger partial charge >= 0.3 is 5.97 Å². The van der Waals surface area contributed by atoms with Gasteiger partial charge in [0.25, 0.3) is 5.91 Å². The molecule has 0 aliphatic carbocycles. The molecule has 4 heteroatoms. The maximum absolute atomic E-state index is 12.1. The van der Waals surface area contributed by atoms with Gasteiger partial charge < -0.3 is 10.0 Å². The maximum Gasteiger partial charge on any atom is 0.305 e. The van der Waals surface area contributed by atoms with E-state index < -0.39 is 5.97 Å². The highest BCUT2D eigenvalue weighted by Crippen LogP contribution is 2.09. The number of hydrogen-bond acceptors (Lipinski definition) is 2. The number of carboxylic acids is 1. The van der Waals surface area contributed by atoms with E-state index in [0.717, 1.165) is 0 Å². The second kappa shape index (κ2) is 6.03. The van der Waals surface area contributed by atoms with Crippen molar-refractivity contribution in [2.24, 2.45) is 0 Å². The normalized spacial score (nSPS) is 10.3. The van der Waals surface area contributed by atoms with E-state index in [2.05, 4.69) is 0 Å². The average molecular weight is 235 g/mol. The van der Waals surface area contributed by atoms with Crippen LogP contribution in [-0.4, -0.2) is 34.5 Å². The minimum atomic E-state index is -0.892. The third kappa shape index (κ3) is 3.90. The van der Waals surface area contributed by atoms with Crippen LogP contribution in [0.4, 0.5) is 0 Å². The molecular formula is C13H17NO3. The van der Waals surface area contributed by atoms with Crippen molar-refractivity contribution in [1.82, 2.24) is 4.90 Å². The zero-order chi connectivity index (χ0) is 12.8. The molecule has 0 aliphatic rings. The van der Waals surface area contributed by atoms with Gasteiger partial charge in [-0.1, -0.05) is 18.2 Å². The second-order valence-corrected chi connectivity index (χ2v) is 4.10. The summed E-state index contributed by atoms with van der Waals surface area (Å²) >= 11 is 0. The van der Waals surface area contributed by atoms with Crippen molar-refractivity contribution in [1.29, 1.82) is 0 Å². The summed E-state index contributed by atoms with van der Waals surface area (Å²) in [5, 5.41) is 8.66. The monoisotopic (exact) mass is 235 g/mol. The van der Waals surface area contributed by atoms with Gasteiger partial charge in [0.2, 0.25) is 0 Å². The number of carboxylic acid groups (broad SMARTS) is 1. The van der Waals surface area contributed by atoms with E-state index in [1.54, 1.807) is 29.2 Å². The van der Waals surface area contributed by atoms with Gasteiger partial charge in [0.05, 0.1) is 6.42 Å². The van der Waals surface area contributed by atoms with Gasteiger partial charge in [-0.05, 0) is 26.0 Å². The van der Waals surface area contributed by atoms with Gasteiger partial charge in [-0.25, -0.2) is 0 Å². The Balaban J connectivity index is 2.77. The molecule has 1 aromatic carbocycles. The highest BCUT2D eigenvalue weighted by atomic mass is 16.4. The van der Waals surface area contributed by atoms with Crippen molar-refractivity contribution in [2.75, 3.05) is 6.54 Å². The zero-order valence-corrected chi connectivity index (χ0v) is 10.1. The number of amides is 1. The summed E-state index contributed by atoms with van der Waals surface area (Å²) < 4.78 is 0. The summed E-state index contributed by atoms with van der Waals surface area (Å²) in [6, 6.07) is 8.89. The SMILES string of the molecule is CC(C)N(CCC(=O)O)C(=O)c1ccccc1. The number of nitrogens with zero attached hydrogens (tertiary/aromatic N) is 1. The second-order valence-electron chi connectivity index (χ2n) is 4.10. The number of hydrogen-bond donors (Lipinski definition) is 1. The van der Waals surface area contributed by atoms with Crippen LogP contribution in [0.15, 0.2) is 30.3 Å². The standard InChI is InChI=1S/C13H17NO3/c1-10(2)14(9-8-12(15)16)13(17)11-6-4-3-5-7-11/h3-7,10H,8-9H2,1-2H3,(H,15,16). The molecule has 0 aliphatic heterocycles. The number of aliphatic carboxylic acids is 1. The molecule has 4 nitrogen and oxygen atoms in total. The van der Waals surface area contributed by atoms with E-state index in [9.17, 15) is 9.59 Å². The number of carbonyl (C=O) groups is 2. The number of rotatable bonds is 5. The fourth-order valence-corrected chi connectivity index (χ4v) is 1.56. The smallest absolute Gasteiger partial charge is 0.305 e. The Morgan fingerprint density at radius 2 is 1.82 bits per heavy atom. The summed E-state index contributed by atoms with van der Waals surface area (Å²) in [5.74, 6) is -1.02. The topological polar surface area (TPSA) is 57.6 Å². The van der Waals surface area contributed by atoms with Crippen molar-refractivity contribution in [3.8, 4) is 0 Å². The summed E-state index contributed by atoms with van der Waals surface area (Å²) in [4.78, 5) is 24.3. The lowest BCUT2D eigenvalue weighted by Crippen LogP contribution is -2.38. The first kappa shape index (κ1) is 13.2. The predicted molar refractivity (Wildman–Crippen MR) is 64.9 cm³/mol. The molecular weight excluding hydrogens is 218 g/mol. The third-order valence-corrected chi connectivity index (χ3v) is 2.47. The Bertz CT molecular complexity index is 387. The predicted octanol–water partition coefficient (Wildman–Crippen LogP) is 2.01. The highest BCUT2D eigenvalue weighted by Gasteiger charge is 2.18. The van der Waals surface area contributed by atoms with E-state index in [1.807, 2.05) is 19.9 Å². The first-order chi connectivity index (χ1) is 8.02. The lowest BCUT2D eigenvalue weighted by Gasteiger charge is -2.26. The van der Waals surface area contributed by atoms with Crippen molar-refractivity contribution >= 4 is 11.9 Å². The van der Waals surface area contributed by atoms with E-state index >= 15 is 0 Å². The number of carbonyl (C=O) groups excluding carboxylic acids is 1. The number of benzene rings is 1. The molecule has 0 saturated heterocycles. The van der Waals surface area contributed by atoms with Crippen LogP contribution in [0.3, 0.4) is 0 Å². The average Bonchev–Trinajstić information content (AvgIpc) is 2.29. The van der Waals surface area contributed by atoms with Gasteiger partial charge in [0, 0.05) is 18.2 Å². The van der Waals surface area contributed by atoms with Crippen LogP contribution >= 0.6 is 0 Å². The van der Waals surface area contributed by atoms with Gasteiger partial charge in [-0.2, -0.15) is 0 Å². The first-order valence-electron chi connectivity index (χ1n) is 5.60. The Morgan fingerprint density at radius 1 is 1.24 bits per heavy atom. The first-order valence-corrected chi connectivity index (χ1v) is 5.60. The summed E-state index contributed by atoms with van der Waals surface area (Å²) in [6.45, 7) is 3.99. The summed E-state index contributed by atoms with van der Waals surface area (Å²) in [7, 11) is 0. The van der Waals surface area contributed by atoms with E-state index in [-0.39, 0.29) is 24.9 Å². The summed E-state index contributed by atoms with van der Waals surface area (Å²) in [5.41, 5.74) is 0.589. The largest absolute Gasteiger partial charge is 0.481 e. The molecule has 0 unspecified atom stereocenters. The minimum Gasteiger partial charge on any atom is -0.481 e. The van der Waals surface area contributed by atoms with Gasteiger partial charge in [0.1, 0.15) is 0 Å². The van der Waals surface area contributed by atoms with Crippen molar-refractivity contribution in [3.05, 3.63) is 35.9 Å². The Kier molecular flexibility index (Phi) is 4.69. The van der Waals surface area contributed by atoms with Crippen LogP contribution in [0.2, 0.25) is 0 Å². The van der Waals surface area contributed by atoms with Crippen LogP contribution < -0.4 is 0 Å². The molecule has 0 heterocycles. The van der Waals surface area contributed by atoms with E-state index in [1.165, 1.54) is 0 Å². The molecule has 1 rings (SSSR count). The molecule has 0 atom stereocenters. The molecule has 0 bridgehead atoms. The van der Waals surface area contributed by atoms with Crippen LogP contribution in [0, 0.1) is 0 Å². The molecule has 0 fully saturated rings. The van der Waals surface area contributed by atoms with Gasteiger partial charge in [-0.3, -0.25) is 9.59 Å². The fraction of sp³-hybridized carbons (Fsp3) is 0.385. The molecule has 0 radical (unpaired) electrons. The zero-order valence-electron chi connectivity index (χ0n) is 10.1. The molecule has 0 aromatic heterocycles. The van der Waals surface area contributed by atoms with Crippen molar-refractivity contribution in [2.45, 2.75) is 26.3 Å². The molecule has 1 aromatic rings. The Morgan fingerprint density at radius 3 is 2.29 bits per heavy atom. The fourth-order valence-electron chi connectivity index (χ4n) is 1.56. The van der Waals surface area contributed by atoms with Crippen LogP contribution in [0.1, 0.15) is 30.6 Å². The molecule has 92 valence electrons. The molecule has 0 saturated carbocycles. The lowest BCUT2D eigenvalue weighted by atomic mass is 10.1. The lowest BCUT2D eigenvalue weighted by molar-refractivity contribution is -0.137. The van der Waals surface area contributed by atoms with Crippen LogP contribution in [0.5, 0.6) is 0 Å². The molecule has 1 N–H and O–H groups in total. The van der Waals surface area contributed by atoms with Gasteiger partial charge in [-0.15, -0.1) is 0 Å². The summed E-state index contributed by atoms with van der Waals surface area (Å²) in [6.07, 6.45) is -0.0310. The van der Waals surface area contributed by atoms with Crippen LogP contribution in [0.25, 0.3) is 0 Å². The van der Waals surface area contributed by atoms with Crippen molar-refractivity contribution in [3.63, 3.8) is 0 Å². The van der Waals surface area contributed by atoms with E-state index in [4.69, 9.17) is 5.11 Å². The third-order valence-electron chi connectivity index (χ3n) is 2.47. The Labute approximate surface area is 101 Å². The molecule has 0 spiro atoms. The Hall–Kier alpha value is -1.84. The molecule has 1 amide bonds. The molecule has 17 heavy (non-hydrogen) atoms. The quantitative estimate of drug-likeness (QED) is 0.849. The minimum absolute atomic E-state index is 0.0120. The van der Waals surface area contributed by atoms with Crippen molar-refractivity contribution < 1.29 is 14.7 Å². The van der Waals surface area contributed by atoms with E-state index in [0.29, 0.717) is 5.56 Å². The highest BCUT2D eigenvalue weighted by molar-refractivity contribution is 5.94. The van der Waals surface area contributed by atoms with Crippen LogP contribution in [-0.2, 0) is 4.79 Å². The maximum atomic E-state index is 12.1. The van der Waals surface area contributed by atoms with Gasteiger partial charge in [0.15, 0.2) is 0 Å².